The molecule has 84 valence electrons. The molecule has 0 fully saturated rings. The van der Waals surface area contributed by atoms with E-state index in [0.29, 0.717) is 25.2 Å². The molecule has 0 atom stereocenters. The second-order valence-electron chi connectivity index (χ2n) is 4.20. The molecule has 0 spiro atoms. The maximum Gasteiger partial charge on any atom is 0.147 e. The van der Waals surface area contributed by atoms with Gasteiger partial charge in [-0.15, -0.1) is 0 Å². The Morgan fingerprint density at radius 1 is 1.21 bits per heavy atom. The zero-order chi connectivity index (χ0) is 11.2. The van der Waals surface area contributed by atoms with Crippen molar-refractivity contribution < 1.29 is 13.2 Å². The van der Waals surface area contributed by atoms with Crippen molar-refractivity contribution in [3.05, 3.63) is 0 Å². The van der Waals surface area contributed by atoms with E-state index in [9.17, 15) is 13.2 Å². The molecule has 0 aliphatic heterocycles. The van der Waals surface area contributed by atoms with Gasteiger partial charge in [0.2, 0.25) is 0 Å². The van der Waals surface area contributed by atoms with E-state index in [0.717, 1.165) is 6.42 Å². The average molecular weight is 220 g/mol. The van der Waals surface area contributed by atoms with E-state index in [-0.39, 0.29) is 11.5 Å². The number of hydrogen-bond acceptors (Lipinski definition) is 3. The van der Waals surface area contributed by atoms with Crippen molar-refractivity contribution in [2.75, 3.05) is 12.0 Å². The summed E-state index contributed by atoms with van der Waals surface area (Å²) in [5.41, 5.74) is 0. The van der Waals surface area contributed by atoms with Crippen LogP contribution in [0.1, 0.15) is 39.5 Å². The molecular weight excluding hydrogens is 200 g/mol. The normalized spacial score (nSPS) is 12.0. The summed E-state index contributed by atoms with van der Waals surface area (Å²) in [4.78, 5) is 11.2. The summed E-state index contributed by atoms with van der Waals surface area (Å²) in [5.74, 6) is 0.844. The lowest BCUT2D eigenvalue weighted by Gasteiger charge is -2.03. The summed E-state index contributed by atoms with van der Waals surface area (Å²) in [6.45, 7) is 4.15. The number of sulfone groups is 1. The first-order valence-corrected chi connectivity index (χ1v) is 7.06. The smallest absolute Gasteiger partial charge is 0.147 e. The van der Waals surface area contributed by atoms with Gasteiger partial charge >= 0.3 is 0 Å². The van der Waals surface area contributed by atoms with Crippen molar-refractivity contribution in [3.63, 3.8) is 0 Å². The molecular formula is C10H20O3S. The molecule has 0 N–H and O–H groups in total. The zero-order valence-electron chi connectivity index (χ0n) is 9.25. The fraction of sp³-hybridized carbons (Fsp3) is 0.900. The summed E-state index contributed by atoms with van der Waals surface area (Å²) in [6.07, 6.45) is 3.56. The summed E-state index contributed by atoms with van der Waals surface area (Å²) in [6, 6.07) is 0. The first-order chi connectivity index (χ1) is 6.31. The summed E-state index contributed by atoms with van der Waals surface area (Å²) in [5, 5.41) is 0. The van der Waals surface area contributed by atoms with E-state index in [2.05, 4.69) is 13.8 Å². The van der Waals surface area contributed by atoms with Gasteiger partial charge in [-0.05, 0) is 18.8 Å². The highest BCUT2D eigenvalue weighted by atomic mass is 32.2. The highest BCUT2D eigenvalue weighted by Crippen LogP contribution is 2.07. The molecule has 0 heterocycles. The standard InChI is InChI=1S/C10H20O3S/c1-9(2)6-7-10(11)5-4-8-14(3,12)13/h9H,4-8H2,1-3H3. The molecule has 0 aliphatic rings. The summed E-state index contributed by atoms with van der Waals surface area (Å²) >= 11 is 0. The van der Waals surface area contributed by atoms with Gasteiger partial charge in [0.05, 0.1) is 5.75 Å². The lowest BCUT2D eigenvalue weighted by Crippen LogP contribution is -2.06. The van der Waals surface area contributed by atoms with Gasteiger partial charge in [-0.3, -0.25) is 4.79 Å². The molecule has 0 aromatic heterocycles. The van der Waals surface area contributed by atoms with Crippen LogP contribution in [0.3, 0.4) is 0 Å². The Morgan fingerprint density at radius 3 is 2.21 bits per heavy atom. The van der Waals surface area contributed by atoms with E-state index in [1.54, 1.807) is 0 Å². The van der Waals surface area contributed by atoms with Crippen LogP contribution >= 0.6 is 0 Å². The van der Waals surface area contributed by atoms with Crippen molar-refractivity contribution in [2.45, 2.75) is 39.5 Å². The van der Waals surface area contributed by atoms with Crippen molar-refractivity contribution in [1.82, 2.24) is 0 Å². The quantitative estimate of drug-likeness (QED) is 0.657. The minimum Gasteiger partial charge on any atom is -0.300 e. The molecule has 14 heavy (non-hydrogen) atoms. The van der Waals surface area contributed by atoms with Crippen LogP contribution in [0.4, 0.5) is 0 Å². The van der Waals surface area contributed by atoms with Gasteiger partial charge in [0.15, 0.2) is 0 Å². The maximum atomic E-state index is 11.2. The Kier molecular flexibility index (Phi) is 6.00. The van der Waals surface area contributed by atoms with Crippen molar-refractivity contribution >= 4 is 15.6 Å². The zero-order valence-corrected chi connectivity index (χ0v) is 10.1. The van der Waals surface area contributed by atoms with Gasteiger partial charge in [-0.1, -0.05) is 13.8 Å². The number of ketones is 1. The van der Waals surface area contributed by atoms with Gasteiger partial charge in [0, 0.05) is 19.1 Å². The van der Waals surface area contributed by atoms with Crippen LogP contribution in [0.15, 0.2) is 0 Å². The van der Waals surface area contributed by atoms with Gasteiger partial charge in [0.1, 0.15) is 15.6 Å². The Morgan fingerprint density at radius 2 is 1.79 bits per heavy atom. The van der Waals surface area contributed by atoms with Gasteiger partial charge in [0.25, 0.3) is 0 Å². The monoisotopic (exact) mass is 220 g/mol. The highest BCUT2D eigenvalue weighted by molar-refractivity contribution is 7.90. The van der Waals surface area contributed by atoms with Crippen molar-refractivity contribution in [3.8, 4) is 0 Å². The van der Waals surface area contributed by atoms with Crippen LogP contribution in [0, 0.1) is 5.92 Å². The van der Waals surface area contributed by atoms with Gasteiger partial charge < -0.3 is 0 Å². The first kappa shape index (κ1) is 13.6. The van der Waals surface area contributed by atoms with Gasteiger partial charge in [-0.25, -0.2) is 8.42 Å². The number of carbonyl (C=O) groups is 1. The van der Waals surface area contributed by atoms with Gasteiger partial charge in [-0.2, -0.15) is 0 Å². The minimum absolute atomic E-state index is 0.125. The topological polar surface area (TPSA) is 51.2 Å². The highest BCUT2D eigenvalue weighted by Gasteiger charge is 2.06. The molecule has 0 aliphatic carbocycles. The van der Waals surface area contributed by atoms with Crippen LogP contribution in [-0.2, 0) is 14.6 Å². The van der Waals surface area contributed by atoms with Crippen LogP contribution in [0.5, 0.6) is 0 Å². The summed E-state index contributed by atoms with van der Waals surface area (Å²) in [7, 11) is -2.90. The minimum atomic E-state index is -2.90. The van der Waals surface area contributed by atoms with Crippen LogP contribution < -0.4 is 0 Å². The van der Waals surface area contributed by atoms with Crippen LogP contribution in [-0.4, -0.2) is 26.2 Å². The number of hydrogen-bond donors (Lipinski definition) is 0. The fourth-order valence-electron chi connectivity index (χ4n) is 1.11. The predicted octanol–water partition coefficient (Wildman–Crippen LogP) is 1.82. The summed E-state index contributed by atoms with van der Waals surface area (Å²) < 4.78 is 21.5. The molecule has 3 nitrogen and oxygen atoms in total. The molecule has 0 amide bonds. The number of carbonyl (C=O) groups excluding carboxylic acids is 1. The largest absolute Gasteiger partial charge is 0.300 e. The van der Waals surface area contributed by atoms with E-state index >= 15 is 0 Å². The molecule has 0 aromatic carbocycles. The van der Waals surface area contributed by atoms with E-state index in [1.807, 2.05) is 0 Å². The Hall–Kier alpha value is -0.380. The Bertz CT molecular complexity index is 265. The predicted molar refractivity (Wildman–Crippen MR) is 58.0 cm³/mol. The lowest BCUT2D eigenvalue weighted by atomic mass is 10.0. The van der Waals surface area contributed by atoms with E-state index in [4.69, 9.17) is 0 Å². The third kappa shape index (κ3) is 9.71. The molecule has 0 aromatic rings. The molecule has 0 unspecified atom stereocenters. The van der Waals surface area contributed by atoms with Crippen molar-refractivity contribution in [2.24, 2.45) is 5.92 Å². The fourth-order valence-corrected chi connectivity index (χ4v) is 1.77. The lowest BCUT2D eigenvalue weighted by molar-refractivity contribution is -0.119. The average Bonchev–Trinajstić information content (AvgIpc) is 1.98. The van der Waals surface area contributed by atoms with Crippen molar-refractivity contribution in [1.29, 1.82) is 0 Å². The SMILES string of the molecule is CC(C)CCC(=O)CCCS(C)(=O)=O. The third-order valence-corrected chi connectivity index (χ3v) is 3.00. The Balaban J connectivity index is 3.55. The maximum absolute atomic E-state index is 11.2. The molecule has 0 rings (SSSR count). The first-order valence-electron chi connectivity index (χ1n) is 5.00. The molecule has 0 bridgehead atoms. The van der Waals surface area contributed by atoms with E-state index < -0.39 is 9.84 Å². The second-order valence-corrected chi connectivity index (χ2v) is 6.46. The van der Waals surface area contributed by atoms with E-state index in [1.165, 1.54) is 6.26 Å². The number of Topliss-reactive ketones (excluding diaryl/α,β-unsaturated/α-hetero) is 1. The molecule has 0 saturated heterocycles. The van der Waals surface area contributed by atoms with Crippen LogP contribution in [0.2, 0.25) is 0 Å². The molecule has 0 radical (unpaired) electrons. The number of rotatable bonds is 7. The van der Waals surface area contributed by atoms with Crippen LogP contribution in [0.25, 0.3) is 0 Å². The molecule has 4 heteroatoms. The third-order valence-electron chi connectivity index (χ3n) is 1.97. The Labute approximate surface area is 86.8 Å². The second kappa shape index (κ2) is 6.17. The molecule has 0 saturated carbocycles.